The van der Waals surface area contributed by atoms with Gasteiger partial charge in [-0.05, 0) is 43.7 Å². The number of unbranched alkanes of at least 4 members (excludes halogenated alkanes) is 1. The van der Waals surface area contributed by atoms with Crippen molar-refractivity contribution in [3.05, 3.63) is 42.2 Å². The number of carbonyl (C=O) groups is 2. The summed E-state index contributed by atoms with van der Waals surface area (Å²) in [4.78, 5) is 55.1. The summed E-state index contributed by atoms with van der Waals surface area (Å²) in [6, 6.07) is 1.83. The van der Waals surface area contributed by atoms with Crippen molar-refractivity contribution in [3.63, 3.8) is 0 Å². The molecule has 0 atom stereocenters. The Balaban J connectivity index is 1.81. The van der Waals surface area contributed by atoms with Crippen LogP contribution in [0.25, 0.3) is 0 Å². The zero-order valence-corrected chi connectivity index (χ0v) is 18.7. The molecule has 0 bridgehead atoms. The lowest BCUT2D eigenvalue weighted by molar-refractivity contribution is -0.121. The highest BCUT2D eigenvalue weighted by Gasteiger charge is 2.26. The van der Waals surface area contributed by atoms with Crippen molar-refractivity contribution < 1.29 is 14.3 Å². The number of anilines is 2. The number of hydrogen-bond donors (Lipinski definition) is 2. The van der Waals surface area contributed by atoms with Crippen LogP contribution in [0.15, 0.2) is 15.7 Å². The van der Waals surface area contributed by atoms with Crippen LogP contribution in [0, 0.1) is 0 Å². The van der Waals surface area contributed by atoms with E-state index in [9.17, 15) is 19.2 Å². The maximum absolute atomic E-state index is 12.9. The molecule has 1 amide bonds. The van der Waals surface area contributed by atoms with E-state index in [-0.39, 0.29) is 18.1 Å². The van der Waals surface area contributed by atoms with E-state index in [1.165, 1.54) is 31.2 Å². The number of amides is 1. The van der Waals surface area contributed by atoms with Crippen LogP contribution in [0.4, 0.5) is 11.5 Å². The third-order valence-electron chi connectivity index (χ3n) is 5.24. The molecular weight excluding hydrogens is 420 g/mol. The first-order valence-corrected chi connectivity index (χ1v) is 11.4. The van der Waals surface area contributed by atoms with Crippen LogP contribution >= 0.6 is 11.3 Å². The van der Waals surface area contributed by atoms with Gasteiger partial charge in [-0.2, -0.15) is 0 Å². The lowest BCUT2D eigenvalue weighted by Gasteiger charge is -2.24. The summed E-state index contributed by atoms with van der Waals surface area (Å²) < 4.78 is 6.49. The van der Waals surface area contributed by atoms with E-state index in [0.717, 1.165) is 25.7 Å². The minimum atomic E-state index is -0.736. The number of aromatic amines is 1. The van der Waals surface area contributed by atoms with Gasteiger partial charge in [0, 0.05) is 18.0 Å². The third-order valence-corrected chi connectivity index (χ3v) is 6.46. The highest BCUT2D eigenvalue weighted by Crippen LogP contribution is 2.31. The summed E-state index contributed by atoms with van der Waals surface area (Å²) in [6.07, 6.45) is 5.03. The van der Waals surface area contributed by atoms with Gasteiger partial charge >= 0.3 is 11.7 Å². The van der Waals surface area contributed by atoms with Gasteiger partial charge in [0.2, 0.25) is 0 Å². The quantitative estimate of drug-likeness (QED) is 0.565. The number of fused-ring (bicyclic) bond motifs is 1. The number of nitrogens with one attached hydrogen (secondary N) is 1. The number of aromatic nitrogens is 2. The van der Waals surface area contributed by atoms with Crippen LogP contribution < -0.4 is 21.9 Å². The Bertz CT molecular complexity index is 1060. The predicted molar refractivity (Wildman–Crippen MR) is 120 cm³/mol. The molecule has 0 aromatic carbocycles. The van der Waals surface area contributed by atoms with Gasteiger partial charge in [0.05, 0.1) is 0 Å². The zero-order chi connectivity index (χ0) is 22.5. The van der Waals surface area contributed by atoms with Crippen LogP contribution in [-0.4, -0.2) is 34.6 Å². The van der Waals surface area contributed by atoms with Crippen molar-refractivity contribution in [2.24, 2.45) is 0 Å². The molecule has 2 aromatic heterocycles. The van der Waals surface area contributed by atoms with E-state index in [4.69, 9.17) is 10.5 Å². The first-order valence-electron chi connectivity index (χ1n) is 10.6. The van der Waals surface area contributed by atoms with Crippen molar-refractivity contribution in [2.75, 3.05) is 23.8 Å². The fourth-order valence-electron chi connectivity index (χ4n) is 3.67. The molecule has 2 heterocycles. The number of esters is 1. The van der Waals surface area contributed by atoms with Gasteiger partial charge in [0.25, 0.3) is 11.5 Å². The molecule has 0 spiro atoms. The van der Waals surface area contributed by atoms with Crippen molar-refractivity contribution in [2.45, 2.75) is 58.9 Å². The molecule has 1 aliphatic carbocycles. The molecule has 0 saturated heterocycles. The van der Waals surface area contributed by atoms with Gasteiger partial charge in [-0.15, -0.1) is 11.3 Å². The maximum atomic E-state index is 12.9. The first-order chi connectivity index (χ1) is 14.9. The highest BCUT2D eigenvalue weighted by atomic mass is 32.1. The Kier molecular flexibility index (Phi) is 7.32. The molecule has 31 heavy (non-hydrogen) atoms. The molecule has 3 N–H and O–H groups in total. The van der Waals surface area contributed by atoms with Crippen LogP contribution in [0.2, 0.25) is 0 Å². The predicted octanol–water partition coefficient (Wildman–Crippen LogP) is 2.07. The molecular formula is C21H28N4O5S. The molecule has 0 saturated carbocycles. The number of carbonyl (C=O) groups excluding carboxylic acids is 2. The summed E-state index contributed by atoms with van der Waals surface area (Å²) in [6.45, 7) is 3.83. The second-order valence-electron chi connectivity index (χ2n) is 7.53. The molecule has 3 rings (SSSR count). The summed E-state index contributed by atoms with van der Waals surface area (Å²) in [5, 5.41) is 0. The standard InChI is InChI=1S/C21H28N4O5S/c1-3-5-10-24(17-18(22)25(9-4-2)21(29)23-19(17)27)16(26)12-30-20(28)15-11-13-7-6-8-14(13)31-15/h11H,3-10,12,22H2,1-2H3,(H,23,27,29). The van der Waals surface area contributed by atoms with Crippen molar-refractivity contribution in [1.82, 2.24) is 9.55 Å². The first kappa shape index (κ1) is 22.8. The Labute approximate surface area is 183 Å². The number of aryl methyl sites for hydroxylation is 2. The van der Waals surface area contributed by atoms with Crippen molar-refractivity contribution in [3.8, 4) is 0 Å². The van der Waals surface area contributed by atoms with Crippen molar-refractivity contribution >= 4 is 34.7 Å². The Morgan fingerprint density at radius 3 is 2.71 bits per heavy atom. The average molecular weight is 449 g/mol. The van der Waals surface area contributed by atoms with E-state index in [0.29, 0.717) is 24.3 Å². The lowest BCUT2D eigenvalue weighted by atomic mass is 10.2. The van der Waals surface area contributed by atoms with Crippen LogP contribution in [0.1, 0.15) is 59.6 Å². The minimum Gasteiger partial charge on any atom is -0.451 e. The fourth-order valence-corrected chi connectivity index (χ4v) is 4.81. The number of ether oxygens (including phenoxy) is 1. The van der Waals surface area contributed by atoms with Gasteiger partial charge < -0.3 is 15.4 Å². The summed E-state index contributed by atoms with van der Waals surface area (Å²) >= 11 is 1.40. The van der Waals surface area contributed by atoms with Crippen molar-refractivity contribution in [1.29, 1.82) is 0 Å². The number of nitrogens with zero attached hydrogens (tertiary/aromatic N) is 2. The SMILES string of the molecule is CCCCN(C(=O)COC(=O)c1cc2c(s1)CCC2)c1c(N)n(CCC)c(=O)[nH]c1=O. The van der Waals surface area contributed by atoms with E-state index in [2.05, 4.69) is 4.98 Å². The maximum Gasteiger partial charge on any atom is 0.348 e. The zero-order valence-electron chi connectivity index (χ0n) is 17.9. The van der Waals surface area contributed by atoms with Gasteiger partial charge in [-0.3, -0.25) is 19.1 Å². The molecule has 0 radical (unpaired) electrons. The monoisotopic (exact) mass is 448 g/mol. The minimum absolute atomic E-state index is 0.0685. The molecule has 2 aromatic rings. The number of nitrogen functional groups attached to an aromatic ring is 1. The van der Waals surface area contributed by atoms with E-state index in [1.54, 1.807) is 0 Å². The number of nitrogens with two attached hydrogens (primary N) is 1. The smallest absolute Gasteiger partial charge is 0.348 e. The number of thiophene rings is 1. The largest absolute Gasteiger partial charge is 0.451 e. The molecule has 0 aliphatic heterocycles. The number of hydrogen-bond acceptors (Lipinski definition) is 7. The molecule has 10 heteroatoms. The number of H-pyrrole nitrogens is 1. The topological polar surface area (TPSA) is 127 Å². The van der Waals surface area contributed by atoms with Crippen LogP contribution in [0.3, 0.4) is 0 Å². The number of rotatable bonds is 9. The Morgan fingerprint density at radius 2 is 2.03 bits per heavy atom. The van der Waals surface area contributed by atoms with E-state index in [1.807, 2.05) is 19.9 Å². The van der Waals surface area contributed by atoms with Crippen LogP contribution in [-0.2, 0) is 28.9 Å². The molecule has 1 aliphatic rings. The second-order valence-corrected chi connectivity index (χ2v) is 8.67. The average Bonchev–Trinajstić information content (AvgIpc) is 3.33. The summed E-state index contributed by atoms with van der Waals surface area (Å²) in [5.41, 5.74) is 5.85. The molecule has 168 valence electrons. The highest BCUT2D eigenvalue weighted by molar-refractivity contribution is 7.14. The van der Waals surface area contributed by atoms with E-state index >= 15 is 0 Å². The Hall–Kier alpha value is -2.88. The van der Waals surface area contributed by atoms with Gasteiger partial charge in [-0.25, -0.2) is 9.59 Å². The normalized spacial score (nSPS) is 12.6. The molecule has 0 unspecified atom stereocenters. The fraction of sp³-hybridized carbons (Fsp3) is 0.524. The molecule has 9 nitrogen and oxygen atoms in total. The summed E-state index contributed by atoms with van der Waals surface area (Å²) in [7, 11) is 0. The Morgan fingerprint density at radius 1 is 1.26 bits per heavy atom. The molecule has 0 fully saturated rings. The van der Waals surface area contributed by atoms with Gasteiger partial charge in [-0.1, -0.05) is 20.3 Å². The van der Waals surface area contributed by atoms with Gasteiger partial charge in [0.15, 0.2) is 12.3 Å². The summed E-state index contributed by atoms with van der Waals surface area (Å²) in [5.74, 6) is -1.19. The van der Waals surface area contributed by atoms with Crippen LogP contribution in [0.5, 0.6) is 0 Å². The lowest BCUT2D eigenvalue weighted by Crippen LogP contribution is -2.43. The third kappa shape index (κ3) is 4.90. The van der Waals surface area contributed by atoms with Gasteiger partial charge in [0.1, 0.15) is 10.7 Å². The second kappa shape index (κ2) is 9.95. The van der Waals surface area contributed by atoms with E-state index < -0.39 is 29.7 Å².